The lowest BCUT2D eigenvalue weighted by atomic mass is 9.83. The number of rotatable bonds is 11. The van der Waals surface area contributed by atoms with Crippen molar-refractivity contribution in [2.75, 3.05) is 60.3 Å². The first kappa shape index (κ1) is 26.8. The van der Waals surface area contributed by atoms with E-state index < -0.39 is 25.1 Å². The molecule has 10 heteroatoms. The van der Waals surface area contributed by atoms with Gasteiger partial charge in [-0.05, 0) is 42.7 Å². The van der Waals surface area contributed by atoms with Crippen LogP contribution in [0.25, 0.3) is 10.9 Å². The van der Waals surface area contributed by atoms with Gasteiger partial charge in [0.05, 0.1) is 38.1 Å². The minimum atomic E-state index is -3.02. The average Bonchev–Trinajstić information content (AvgIpc) is 3.35. The minimum Gasteiger partial charge on any atom is -0.496 e. The molecule has 1 N–H and O–H groups in total. The zero-order chi connectivity index (χ0) is 26.9. The second kappa shape index (κ2) is 11.1. The van der Waals surface area contributed by atoms with Crippen LogP contribution in [-0.2, 0) is 11.2 Å². The van der Waals surface area contributed by atoms with Gasteiger partial charge in [-0.25, -0.2) is 8.78 Å². The molecule has 0 amide bonds. The molecule has 0 unspecified atom stereocenters. The molecule has 0 radical (unpaired) electrons. The van der Waals surface area contributed by atoms with Crippen LogP contribution in [0.5, 0.6) is 11.5 Å². The van der Waals surface area contributed by atoms with Crippen molar-refractivity contribution in [2.45, 2.75) is 31.4 Å². The third-order valence-corrected chi connectivity index (χ3v) is 7.66. The van der Waals surface area contributed by atoms with Gasteiger partial charge in [-0.3, -0.25) is 19.3 Å². The van der Waals surface area contributed by atoms with Gasteiger partial charge >= 0.3 is 0 Å². The normalized spacial score (nSPS) is 20.9. The Morgan fingerprint density at radius 3 is 2.66 bits per heavy atom. The molecule has 3 aromatic rings. The number of H-pyrrole nitrogens is 1. The number of benzene rings is 2. The lowest BCUT2D eigenvalue weighted by Gasteiger charge is -2.44. The highest BCUT2D eigenvalue weighted by molar-refractivity contribution is 5.83. The van der Waals surface area contributed by atoms with Crippen LogP contribution in [0.4, 0.5) is 13.2 Å². The molecule has 2 aromatic carbocycles. The van der Waals surface area contributed by atoms with Crippen LogP contribution in [0.3, 0.4) is 0 Å². The summed E-state index contributed by atoms with van der Waals surface area (Å²) in [5, 5.41) is 8.22. The first-order chi connectivity index (χ1) is 18.3. The van der Waals surface area contributed by atoms with E-state index in [0.29, 0.717) is 24.5 Å². The monoisotopic (exact) mass is 532 g/mol. The molecule has 2 aliphatic rings. The van der Waals surface area contributed by atoms with Crippen LogP contribution in [-0.4, -0.2) is 92.2 Å². The van der Waals surface area contributed by atoms with E-state index in [4.69, 9.17) is 14.2 Å². The zero-order valence-electron chi connectivity index (χ0n) is 22.1. The van der Waals surface area contributed by atoms with Crippen molar-refractivity contribution < 1.29 is 27.4 Å². The summed E-state index contributed by atoms with van der Waals surface area (Å²) >= 11 is 0. The quantitative estimate of drug-likeness (QED) is 0.393. The average molecular weight is 533 g/mol. The van der Waals surface area contributed by atoms with Crippen molar-refractivity contribution in [1.29, 1.82) is 0 Å². The predicted octanol–water partition coefficient (Wildman–Crippen LogP) is 4.47. The number of nitrogens with one attached hydrogen (secondary N) is 1. The Morgan fingerprint density at radius 2 is 1.92 bits per heavy atom. The summed E-state index contributed by atoms with van der Waals surface area (Å²) in [7, 11) is 2.87. The predicted molar refractivity (Wildman–Crippen MR) is 139 cm³/mol. The Kier molecular flexibility index (Phi) is 7.83. The van der Waals surface area contributed by atoms with E-state index in [9.17, 15) is 13.2 Å². The molecule has 0 saturated carbocycles. The maximum Gasteiger partial charge on any atom is 0.283 e. The third-order valence-electron chi connectivity index (χ3n) is 7.66. The topological polar surface area (TPSA) is 62.9 Å². The Bertz CT molecular complexity index is 1250. The van der Waals surface area contributed by atoms with Gasteiger partial charge in [0.1, 0.15) is 24.7 Å². The van der Waals surface area contributed by atoms with Gasteiger partial charge in [0.2, 0.25) is 0 Å². The van der Waals surface area contributed by atoms with Gasteiger partial charge < -0.3 is 14.2 Å². The van der Waals surface area contributed by atoms with Crippen molar-refractivity contribution >= 4 is 10.9 Å². The molecule has 7 nitrogen and oxygen atoms in total. The number of aromatic nitrogens is 2. The van der Waals surface area contributed by atoms with E-state index in [1.54, 1.807) is 13.3 Å². The molecule has 0 bridgehead atoms. The Morgan fingerprint density at radius 1 is 1.13 bits per heavy atom. The van der Waals surface area contributed by atoms with Gasteiger partial charge in [-0.1, -0.05) is 6.07 Å². The molecule has 1 fully saturated rings. The molecular formula is C28H35F3N4O3. The van der Waals surface area contributed by atoms with E-state index >= 15 is 0 Å². The van der Waals surface area contributed by atoms with Crippen LogP contribution in [0.2, 0.25) is 0 Å². The molecule has 0 spiro atoms. The molecule has 206 valence electrons. The Balaban J connectivity index is 1.46. The van der Waals surface area contributed by atoms with E-state index in [0.717, 1.165) is 47.2 Å². The number of fused-ring (bicyclic) bond motifs is 3. The van der Waals surface area contributed by atoms with Crippen LogP contribution < -0.4 is 9.47 Å². The first-order valence-electron chi connectivity index (χ1n) is 13.0. The molecule has 1 aromatic heterocycles. The Labute approximate surface area is 220 Å². The number of halogens is 3. The second-order valence-corrected chi connectivity index (χ2v) is 10.4. The number of ether oxygens (including phenoxy) is 3. The number of aromatic amines is 1. The number of hydrogen-bond donors (Lipinski definition) is 1. The number of alkyl halides is 3. The minimum absolute atomic E-state index is 0.137. The molecule has 38 heavy (non-hydrogen) atoms. The SMILES string of the molecule is COCC(F)(F)CN1[C@H](c2ccc(OCCN3CC(CF)C3)cc2OC)c2ccc3[nH]ncc3c2C[C@H]1C. The maximum absolute atomic E-state index is 14.9. The summed E-state index contributed by atoms with van der Waals surface area (Å²) in [6.07, 6.45) is 2.42. The lowest BCUT2D eigenvalue weighted by Crippen LogP contribution is -2.49. The highest BCUT2D eigenvalue weighted by Gasteiger charge is 2.42. The van der Waals surface area contributed by atoms with Crippen molar-refractivity contribution in [3.05, 3.63) is 53.2 Å². The highest BCUT2D eigenvalue weighted by atomic mass is 19.3. The fourth-order valence-electron chi connectivity index (χ4n) is 5.80. The van der Waals surface area contributed by atoms with E-state index in [1.807, 2.05) is 42.2 Å². The van der Waals surface area contributed by atoms with Crippen LogP contribution in [0.1, 0.15) is 29.7 Å². The number of hydrogen-bond acceptors (Lipinski definition) is 6. The van der Waals surface area contributed by atoms with E-state index in [-0.39, 0.29) is 18.6 Å². The van der Waals surface area contributed by atoms with Crippen molar-refractivity contribution in [1.82, 2.24) is 20.0 Å². The summed E-state index contributed by atoms with van der Waals surface area (Å²) in [5.74, 6) is -1.68. The standard InChI is InChI=1S/C28H35F3N4O3/c1-18-10-23-21(6-7-25-24(23)13-32-33-25)27(35(18)16-28(30,31)17-36-2)22-5-4-20(11-26(22)37-3)38-9-8-34-14-19(12-29)15-34/h4-7,11,13,18-19,27H,8-10,12,14-17H2,1-3H3,(H,32,33)/t18-,27+/m1/s1. The van der Waals surface area contributed by atoms with Crippen LogP contribution in [0, 0.1) is 5.92 Å². The summed E-state index contributed by atoms with van der Waals surface area (Å²) in [4.78, 5) is 4.00. The molecular weight excluding hydrogens is 497 g/mol. The van der Waals surface area contributed by atoms with Gasteiger partial charge in [0, 0.05) is 55.7 Å². The second-order valence-electron chi connectivity index (χ2n) is 10.4. The smallest absolute Gasteiger partial charge is 0.283 e. The fraction of sp³-hybridized carbons (Fsp3) is 0.536. The molecule has 2 atom stereocenters. The van der Waals surface area contributed by atoms with Crippen LogP contribution in [0.15, 0.2) is 36.5 Å². The number of methoxy groups -OCH3 is 2. The van der Waals surface area contributed by atoms with Crippen molar-refractivity contribution in [3.63, 3.8) is 0 Å². The summed E-state index contributed by atoms with van der Waals surface area (Å²) < 4.78 is 59.1. The molecule has 1 saturated heterocycles. The van der Waals surface area contributed by atoms with Gasteiger partial charge in [0.15, 0.2) is 0 Å². The summed E-state index contributed by atoms with van der Waals surface area (Å²) in [5.41, 5.74) is 3.77. The molecule has 2 aliphatic heterocycles. The molecule has 0 aliphatic carbocycles. The molecule has 3 heterocycles. The number of likely N-dealkylation sites (tertiary alicyclic amines) is 1. The lowest BCUT2D eigenvalue weighted by molar-refractivity contribution is -0.0961. The largest absolute Gasteiger partial charge is 0.496 e. The van der Waals surface area contributed by atoms with Crippen LogP contribution >= 0.6 is 0 Å². The highest BCUT2D eigenvalue weighted by Crippen LogP contribution is 2.45. The molecule has 5 rings (SSSR count). The van der Waals surface area contributed by atoms with Crippen molar-refractivity contribution in [3.8, 4) is 11.5 Å². The van der Waals surface area contributed by atoms with E-state index in [2.05, 4.69) is 15.1 Å². The third kappa shape index (κ3) is 5.34. The zero-order valence-corrected chi connectivity index (χ0v) is 22.1. The van der Waals surface area contributed by atoms with E-state index in [1.165, 1.54) is 7.11 Å². The fourth-order valence-corrected chi connectivity index (χ4v) is 5.80. The summed E-state index contributed by atoms with van der Waals surface area (Å²) in [6.45, 7) is 3.31. The maximum atomic E-state index is 14.9. The van der Waals surface area contributed by atoms with Gasteiger partial charge in [-0.15, -0.1) is 0 Å². The van der Waals surface area contributed by atoms with Crippen molar-refractivity contribution in [2.24, 2.45) is 5.92 Å². The number of nitrogens with zero attached hydrogens (tertiary/aromatic N) is 3. The van der Waals surface area contributed by atoms with Gasteiger partial charge in [-0.2, -0.15) is 5.10 Å². The van der Waals surface area contributed by atoms with Gasteiger partial charge in [0.25, 0.3) is 5.92 Å². The summed E-state index contributed by atoms with van der Waals surface area (Å²) in [6, 6.07) is 8.90. The first-order valence-corrected chi connectivity index (χ1v) is 13.0. The Hall–Kier alpha value is -2.82.